The first-order valence-corrected chi connectivity index (χ1v) is 8.56. The molecular formula is C20H21N3O2. The Kier molecular flexibility index (Phi) is 3.62. The molecule has 0 spiro atoms. The molecule has 0 saturated heterocycles. The van der Waals surface area contributed by atoms with Crippen LogP contribution in [0.15, 0.2) is 59.7 Å². The van der Waals surface area contributed by atoms with Gasteiger partial charge in [0.1, 0.15) is 11.8 Å². The molecular weight excluding hydrogens is 314 g/mol. The molecule has 5 heteroatoms. The first-order valence-electron chi connectivity index (χ1n) is 8.56. The lowest BCUT2D eigenvalue weighted by molar-refractivity contribution is 0.0928. The summed E-state index contributed by atoms with van der Waals surface area (Å²) in [6.45, 7) is 4.01. The van der Waals surface area contributed by atoms with E-state index in [0.29, 0.717) is 24.1 Å². The van der Waals surface area contributed by atoms with Crippen LogP contribution in [0.2, 0.25) is 0 Å². The fourth-order valence-electron chi connectivity index (χ4n) is 3.61. The lowest BCUT2D eigenvalue weighted by atomic mass is 9.90. The molecule has 5 nitrogen and oxygen atoms in total. The average Bonchev–Trinajstić information content (AvgIpc) is 2.99. The molecule has 128 valence electrons. The Morgan fingerprint density at radius 3 is 2.68 bits per heavy atom. The highest BCUT2D eigenvalue weighted by molar-refractivity contribution is 5.79. The number of fused-ring (bicyclic) bond motifs is 3. The molecule has 0 fully saturated rings. The zero-order valence-electron chi connectivity index (χ0n) is 14.4. The van der Waals surface area contributed by atoms with Crippen molar-refractivity contribution >= 4 is 16.6 Å². The molecule has 2 heterocycles. The molecule has 3 aromatic rings. The Hall–Kier alpha value is -2.66. The van der Waals surface area contributed by atoms with Crippen LogP contribution in [0.3, 0.4) is 0 Å². The van der Waals surface area contributed by atoms with E-state index < -0.39 is 5.60 Å². The summed E-state index contributed by atoms with van der Waals surface area (Å²) in [6.07, 6.45) is 9.98. The predicted octanol–water partition coefficient (Wildman–Crippen LogP) is 3.02. The van der Waals surface area contributed by atoms with Crippen LogP contribution >= 0.6 is 0 Å². The maximum atomic E-state index is 13.2. The van der Waals surface area contributed by atoms with Crippen molar-refractivity contribution in [2.75, 3.05) is 0 Å². The topological polar surface area (TPSA) is 59.5 Å². The molecule has 0 saturated carbocycles. The van der Waals surface area contributed by atoms with Gasteiger partial charge in [-0.15, -0.1) is 0 Å². The van der Waals surface area contributed by atoms with Gasteiger partial charge in [0.15, 0.2) is 0 Å². The van der Waals surface area contributed by atoms with Gasteiger partial charge in [-0.3, -0.25) is 9.20 Å². The normalized spacial score (nSPS) is 20.2. The van der Waals surface area contributed by atoms with Crippen LogP contribution in [0.1, 0.15) is 32.0 Å². The zero-order valence-corrected chi connectivity index (χ0v) is 14.4. The molecule has 0 aliphatic heterocycles. The lowest BCUT2D eigenvalue weighted by Gasteiger charge is -2.24. The number of nitrogens with zero attached hydrogens (tertiary/aromatic N) is 3. The minimum Gasteiger partial charge on any atom is -0.385 e. The second-order valence-electron chi connectivity index (χ2n) is 6.94. The highest BCUT2D eigenvalue weighted by Crippen LogP contribution is 2.25. The highest BCUT2D eigenvalue weighted by Gasteiger charge is 2.27. The molecule has 2 aromatic heterocycles. The molecule has 1 N–H and O–H groups in total. The van der Waals surface area contributed by atoms with Crippen molar-refractivity contribution < 1.29 is 5.11 Å². The molecule has 1 aliphatic carbocycles. The van der Waals surface area contributed by atoms with Gasteiger partial charge >= 0.3 is 0 Å². The van der Waals surface area contributed by atoms with Gasteiger partial charge in [0.05, 0.1) is 22.3 Å². The van der Waals surface area contributed by atoms with Gasteiger partial charge in [0, 0.05) is 12.5 Å². The van der Waals surface area contributed by atoms with E-state index in [9.17, 15) is 9.90 Å². The van der Waals surface area contributed by atoms with E-state index >= 15 is 0 Å². The van der Waals surface area contributed by atoms with Crippen molar-refractivity contribution in [2.45, 2.75) is 38.3 Å². The monoisotopic (exact) mass is 335 g/mol. The van der Waals surface area contributed by atoms with Gasteiger partial charge in [-0.1, -0.05) is 36.4 Å². The first-order chi connectivity index (χ1) is 12.0. The van der Waals surface area contributed by atoms with Gasteiger partial charge in [0.2, 0.25) is 0 Å². The van der Waals surface area contributed by atoms with E-state index in [2.05, 4.69) is 4.98 Å². The Balaban J connectivity index is 1.98. The van der Waals surface area contributed by atoms with Gasteiger partial charge in [-0.05, 0) is 32.4 Å². The average molecular weight is 335 g/mol. The Bertz CT molecular complexity index is 1070. The number of para-hydroxylation sites is 2. The number of benzene rings is 1. The Morgan fingerprint density at radius 2 is 2.00 bits per heavy atom. The van der Waals surface area contributed by atoms with Crippen LogP contribution in [0.4, 0.5) is 0 Å². The van der Waals surface area contributed by atoms with E-state index in [1.54, 1.807) is 17.0 Å². The van der Waals surface area contributed by atoms with Crippen molar-refractivity contribution in [3.8, 4) is 0 Å². The standard InChI is InChI=1S/C20H21N3O2/c1-14(2)23-17-9-5-4-8-16(17)22-13-21-15(18(22)19(23)24)12-20(25)10-6-3-7-11-20/h3-10,13-14,25H,11-12H2,1-2H3. The third kappa shape index (κ3) is 2.51. The van der Waals surface area contributed by atoms with Gasteiger partial charge in [-0.2, -0.15) is 0 Å². The number of aliphatic hydroxyl groups is 1. The van der Waals surface area contributed by atoms with Crippen molar-refractivity contribution in [1.29, 1.82) is 0 Å². The molecule has 0 radical (unpaired) electrons. The van der Waals surface area contributed by atoms with Crippen molar-refractivity contribution in [2.24, 2.45) is 0 Å². The van der Waals surface area contributed by atoms with Gasteiger partial charge < -0.3 is 9.67 Å². The second-order valence-corrected chi connectivity index (χ2v) is 6.94. The largest absolute Gasteiger partial charge is 0.385 e. The van der Waals surface area contributed by atoms with E-state index in [1.165, 1.54) is 0 Å². The van der Waals surface area contributed by atoms with E-state index in [-0.39, 0.29) is 11.6 Å². The van der Waals surface area contributed by atoms with E-state index in [1.807, 2.05) is 60.7 Å². The Morgan fingerprint density at radius 1 is 1.24 bits per heavy atom. The summed E-state index contributed by atoms with van der Waals surface area (Å²) in [4.78, 5) is 17.7. The fraction of sp³-hybridized carbons (Fsp3) is 0.300. The summed E-state index contributed by atoms with van der Waals surface area (Å²) in [7, 11) is 0. The SMILES string of the molecule is CC(C)n1c(=O)c2c(CC3(O)C=CC=CC3)ncn2c2ccccc21. The molecule has 4 rings (SSSR count). The maximum Gasteiger partial charge on any atom is 0.277 e. The number of aromatic nitrogens is 3. The minimum absolute atomic E-state index is 0.0331. The minimum atomic E-state index is -0.996. The summed E-state index contributed by atoms with van der Waals surface area (Å²) in [5.41, 5.74) is 1.94. The van der Waals surface area contributed by atoms with E-state index in [4.69, 9.17) is 0 Å². The summed E-state index contributed by atoms with van der Waals surface area (Å²) in [5.74, 6) is 0. The highest BCUT2D eigenvalue weighted by atomic mass is 16.3. The molecule has 25 heavy (non-hydrogen) atoms. The third-order valence-electron chi connectivity index (χ3n) is 4.78. The summed E-state index contributed by atoms with van der Waals surface area (Å²) in [5, 5.41) is 10.8. The lowest BCUT2D eigenvalue weighted by Crippen LogP contribution is -2.31. The number of allylic oxidation sites excluding steroid dienone is 2. The van der Waals surface area contributed by atoms with Gasteiger partial charge in [0.25, 0.3) is 5.56 Å². The summed E-state index contributed by atoms with van der Waals surface area (Å²) >= 11 is 0. The molecule has 1 aliphatic rings. The Labute approximate surface area is 145 Å². The number of imidazole rings is 1. The zero-order chi connectivity index (χ0) is 17.6. The van der Waals surface area contributed by atoms with Crippen LogP contribution in [0.5, 0.6) is 0 Å². The molecule has 1 unspecified atom stereocenters. The number of hydrogen-bond acceptors (Lipinski definition) is 3. The van der Waals surface area contributed by atoms with Crippen LogP contribution < -0.4 is 5.56 Å². The molecule has 0 bridgehead atoms. The summed E-state index contributed by atoms with van der Waals surface area (Å²) in [6, 6.07) is 7.87. The summed E-state index contributed by atoms with van der Waals surface area (Å²) < 4.78 is 3.65. The van der Waals surface area contributed by atoms with Crippen LogP contribution in [0.25, 0.3) is 16.6 Å². The predicted molar refractivity (Wildman–Crippen MR) is 98.9 cm³/mol. The van der Waals surface area contributed by atoms with Gasteiger partial charge in [-0.25, -0.2) is 4.98 Å². The second kappa shape index (κ2) is 5.70. The maximum absolute atomic E-state index is 13.2. The van der Waals surface area contributed by atoms with Crippen molar-refractivity contribution in [3.63, 3.8) is 0 Å². The fourth-order valence-corrected chi connectivity index (χ4v) is 3.61. The quantitative estimate of drug-likeness (QED) is 0.800. The number of hydrogen-bond donors (Lipinski definition) is 1. The first kappa shape index (κ1) is 15.8. The van der Waals surface area contributed by atoms with E-state index in [0.717, 1.165) is 11.0 Å². The third-order valence-corrected chi connectivity index (χ3v) is 4.78. The molecule has 1 atom stereocenters. The van der Waals surface area contributed by atoms with Crippen LogP contribution in [-0.4, -0.2) is 24.7 Å². The van der Waals surface area contributed by atoms with Crippen molar-refractivity contribution in [3.05, 3.63) is 70.9 Å². The number of rotatable bonds is 3. The van der Waals surface area contributed by atoms with Crippen molar-refractivity contribution in [1.82, 2.24) is 14.0 Å². The smallest absolute Gasteiger partial charge is 0.277 e. The van der Waals surface area contributed by atoms with Crippen LogP contribution in [-0.2, 0) is 6.42 Å². The molecule has 0 amide bonds. The molecule has 1 aromatic carbocycles. The van der Waals surface area contributed by atoms with Crippen LogP contribution in [0, 0.1) is 0 Å².